The third-order valence-corrected chi connectivity index (χ3v) is 5.27. The maximum absolute atomic E-state index is 13.4. The van der Waals surface area contributed by atoms with Crippen LogP contribution in [0.25, 0.3) is 0 Å². The quantitative estimate of drug-likeness (QED) is 0.377. The average Bonchev–Trinajstić information content (AvgIpc) is 2.81. The normalized spacial score (nSPS) is 11.7. The maximum Gasteiger partial charge on any atom is 0.328 e. The second-order valence-electron chi connectivity index (χ2n) is 7.19. The molecule has 0 aliphatic rings. The number of pyridine rings is 1. The van der Waals surface area contributed by atoms with Crippen molar-refractivity contribution in [3.8, 4) is 11.5 Å². The van der Waals surface area contributed by atoms with Crippen molar-refractivity contribution in [3.63, 3.8) is 0 Å². The molecule has 0 spiro atoms. The van der Waals surface area contributed by atoms with E-state index in [1.54, 1.807) is 31.2 Å². The first-order chi connectivity index (χ1) is 15.8. The van der Waals surface area contributed by atoms with Crippen molar-refractivity contribution in [2.45, 2.75) is 18.9 Å². The molecule has 0 saturated heterocycles. The van der Waals surface area contributed by atoms with Gasteiger partial charge in [0.1, 0.15) is 35.0 Å². The fourth-order valence-electron chi connectivity index (χ4n) is 3.16. The summed E-state index contributed by atoms with van der Waals surface area (Å²) in [5, 5.41) is 13.0. The lowest BCUT2D eigenvalue weighted by molar-refractivity contribution is -0.145. The largest absolute Gasteiger partial charge is 0.503 e. The van der Waals surface area contributed by atoms with E-state index in [0.717, 1.165) is 0 Å². The Morgan fingerprint density at radius 1 is 1.06 bits per heavy atom. The lowest BCUT2D eigenvalue weighted by Crippen LogP contribution is -2.39. The van der Waals surface area contributed by atoms with Gasteiger partial charge < -0.3 is 19.9 Å². The summed E-state index contributed by atoms with van der Waals surface area (Å²) < 4.78 is 37.3. The molecule has 3 aromatic rings. The first-order valence-corrected chi connectivity index (χ1v) is 10.4. The second kappa shape index (κ2) is 10.8. The summed E-state index contributed by atoms with van der Waals surface area (Å²) in [6.07, 6.45) is 1.42. The zero-order chi connectivity index (χ0) is 24.0. The van der Waals surface area contributed by atoms with Crippen LogP contribution >= 0.6 is 12.2 Å². The van der Waals surface area contributed by atoms with Crippen LogP contribution in [0.1, 0.15) is 29.7 Å². The summed E-state index contributed by atoms with van der Waals surface area (Å²) in [7, 11) is 1.40. The molecule has 3 rings (SSSR count). The Morgan fingerprint density at radius 3 is 2.12 bits per heavy atom. The van der Waals surface area contributed by atoms with Crippen LogP contribution < -0.4 is 10.1 Å². The Balaban J connectivity index is 1.70. The van der Waals surface area contributed by atoms with Crippen molar-refractivity contribution in [1.29, 1.82) is 0 Å². The number of halogens is 2. The highest BCUT2D eigenvalue weighted by Crippen LogP contribution is 2.28. The van der Waals surface area contributed by atoms with E-state index in [1.165, 1.54) is 43.6 Å². The molecule has 0 aliphatic carbocycles. The topological polar surface area (TPSA) is 80.7 Å². The number of hydrogen-bond donors (Lipinski definition) is 2. The monoisotopic (exact) mass is 472 g/mol. The number of methoxy groups -OCH3 is 1. The molecule has 33 heavy (non-hydrogen) atoms. The van der Waals surface area contributed by atoms with Crippen LogP contribution in [0, 0.1) is 11.6 Å². The maximum atomic E-state index is 13.4. The van der Waals surface area contributed by atoms with Crippen molar-refractivity contribution in [3.05, 3.63) is 89.2 Å². The standard InChI is InChI=1S/C24H22F2N2O4S/c1-14(28-23(33)21-22(29)20(31-2)11-12-27-21)24(30)32-13-19(15-3-7-17(25)8-4-15)16-5-9-18(26)10-6-16/h3-12,14,19,29H,13H2,1-2H3,(H,28,33). The minimum Gasteiger partial charge on any atom is -0.503 e. The van der Waals surface area contributed by atoms with E-state index in [1.807, 2.05) is 0 Å². The molecule has 1 aromatic heterocycles. The van der Waals surface area contributed by atoms with Crippen molar-refractivity contribution < 1.29 is 28.2 Å². The highest BCUT2D eigenvalue weighted by atomic mass is 32.1. The molecule has 9 heteroatoms. The number of carbonyl (C=O) groups is 1. The zero-order valence-corrected chi connectivity index (χ0v) is 18.7. The summed E-state index contributed by atoms with van der Waals surface area (Å²) in [6, 6.07) is 12.2. The van der Waals surface area contributed by atoms with E-state index in [4.69, 9.17) is 21.7 Å². The third-order valence-electron chi connectivity index (χ3n) is 4.96. The number of aromatic hydroxyl groups is 1. The molecule has 2 aromatic carbocycles. The smallest absolute Gasteiger partial charge is 0.328 e. The van der Waals surface area contributed by atoms with E-state index >= 15 is 0 Å². The number of carbonyl (C=O) groups excluding carboxylic acids is 1. The van der Waals surface area contributed by atoms with Gasteiger partial charge in [-0.25, -0.2) is 18.6 Å². The number of ether oxygens (including phenoxy) is 2. The van der Waals surface area contributed by atoms with Gasteiger partial charge >= 0.3 is 5.97 Å². The molecule has 0 aliphatic heterocycles. The number of nitrogens with one attached hydrogen (secondary N) is 1. The number of hydrogen-bond acceptors (Lipinski definition) is 6. The van der Waals surface area contributed by atoms with Crippen LogP contribution in [0.5, 0.6) is 11.5 Å². The summed E-state index contributed by atoms with van der Waals surface area (Å²) in [5.41, 5.74) is 1.48. The van der Waals surface area contributed by atoms with E-state index in [2.05, 4.69) is 10.3 Å². The minimum absolute atomic E-state index is 0.0458. The molecule has 0 amide bonds. The molecule has 1 atom stereocenters. The number of thiocarbonyl (C=S) groups is 1. The molecular formula is C24H22F2N2O4S. The molecule has 2 N–H and O–H groups in total. The summed E-state index contributed by atoms with van der Waals surface area (Å²) in [6.45, 7) is 1.49. The SMILES string of the molecule is COc1ccnc(C(=S)NC(C)C(=O)OCC(c2ccc(F)cc2)c2ccc(F)cc2)c1O. The highest BCUT2D eigenvalue weighted by molar-refractivity contribution is 7.80. The molecule has 0 radical (unpaired) electrons. The van der Waals surface area contributed by atoms with Crippen LogP contribution in [0.15, 0.2) is 60.8 Å². The van der Waals surface area contributed by atoms with Crippen LogP contribution in [-0.2, 0) is 9.53 Å². The Kier molecular flexibility index (Phi) is 7.89. The van der Waals surface area contributed by atoms with Crippen molar-refractivity contribution in [1.82, 2.24) is 10.3 Å². The van der Waals surface area contributed by atoms with Crippen molar-refractivity contribution in [2.75, 3.05) is 13.7 Å². The van der Waals surface area contributed by atoms with Gasteiger partial charge in [-0.3, -0.25) is 0 Å². The molecule has 0 bridgehead atoms. The molecule has 6 nitrogen and oxygen atoms in total. The Labute approximate surface area is 195 Å². The average molecular weight is 473 g/mol. The highest BCUT2D eigenvalue weighted by Gasteiger charge is 2.22. The second-order valence-corrected chi connectivity index (χ2v) is 7.60. The van der Waals surface area contributed by atoms with Gasteiger partial charge in [-0.2, -0.15) is 0 Å². The van der Waals surface area contributed by atoms with E-state index in [-0.39, 0.29) is 28.8 Å². The predicted molar refractivity (Wildman–Crippen MR) is 122 cm³/mol. The van der Waals surface area contributed by atoms with Gasteiger partial charge in [-0.15, -0.1) is 0 Å². The number of benzene rings is 2. The van der Waals surface area contributed by atoms with Gasteiger partial charge in [-0.1, -0.05) is 36.5 Å². The number of rotatable bonds is 8. The predicted octanol–water partition coefficient (Wildman–Crippen LogP) is 4.10. The fraction of sp³-hybridized carbons (Fsp3) is 0.208. The lowest BCUT2D eigenvalue weighted by Gasteiger charge is -2.21. The molecule has 172 valence electrons. The van der Waals surface area contributed by atoms with Gasteiger partial charge in [0, 0.05) is 18.2 Å². The van der Waals surface area contributed by atoms with Gasteiger partial charge in [0.15, 0.2) is 11.5 Å². The van der Waals surface area contributed by atoms with Crippen LogP contribution in [0.4, 0.5) is 8.78 Å². The third kappa shape index (κ3) is 6.01. The van der Waals surface area contributed by atoms with Gasteiger partial charge in [0.05, 0.1) is 7.11 Å². The first-order valence-electron chi connectivity index (χ1n) is 10.0. The van der Waals surface area contributed by atoms with Gasteiger partial charge in [0.25, 0.3) is 0 Å². The van der Waals surface area contributed by atoms with E-state index < -0.39 is 29.6 Å². The summed E-state index contributed by atoms with van der Waals surface area (Å²) in [4.78, 5) is 16.7. The van der Waals surface area contributed by atoms with Gasteiger partial charge in [0.2, 0.25) is 0 Å². The van der Waals surface area contributed by atoms with Crippen LogP contribution in [-0.4, -0.2) is 40.8 Å². The van der Waals surface area contributed by atoms with Crippen molar-refractivity contribution in [2.24, 2.45) is 0 Å². The summed E-state index contributed by atoms with van der Waals surface area (Å²) >= 11 is 5.26. The lowest BCUT2D eigenvalue weighted by atomic mass is 9.92. The molecule has 0 saturated carbocycles. The van der Waals surface area contributed by atoms with Gasteiger partial charge in [-0.05, 0) is 42.3 Å². The zero-order valence-electron chi connectivity index (χ0n) is 17.9. The first kappa shape index (κ1) is 24.1. The number of aromatic nitrogens is 1. The molecule has 0 fully saturated rings. The van der Waals surface area contributed by atoms with Crippen molar-refractivity contribution >= 4 is 23.2 Å². The Hall–Kier alpha value is -3.59. The van der Waals surface area contributed by atoms with E-state index in [9.17, 15) is 18.7 Å². The molecule has 1 heterocycles. The van der Waals surface area contributed by atoms with Crippen LogP contribution in [0.2, 0.25) is 0 Å². The number of nitrogens with zero attached hydrogens (tertiary/aromatic N) is 1. The minimum atomic E-state index is -0.855. The van der Waals surface area contributed by atoms with E-state index in [0.29, 0.717) is 11.1 Å². The Bertz CT molecular complexity index is 1080. The summed E-state index contributed by atoms with van der Waals surface area (Å²) in [5.74, 6) is -1.87. The molecule has 1 unspecified atom stereocenters. The van der Waals surface area contributed by atoms with Crippen LogP contribution in [0.3, 0.4) is 0 Å². The molecular weight excluding hydrogens is 450 g/mol. The number of esters is 1. The fourth-order valence-corrected chi connectivity index (χ4v) is 3.48. The Morgan fingerprint density at radius 2 is 1.61 bits per heavy atom.